The zero-order valence-corrected chi connectivity index (χ0v) is 19.7. The Labute approximate surface area is 204 Å². The summed E-state index contributed by atoms with van der Waals surface area (Å²) in [5.41, 5.74) is 6.74. The predicted octanol–water partition coefficient (Wildman–Crippen LogP) is 7.62. The van der Waals surface area contributed by atoms with Crippen LogP contribution in [-0.4, -0.2) is 17.4 Å². The first-order valence-corrected chi connectivity index (χ1v) is 11.5. The van der Waals surface area contributed by atoms with E-state index in [9.17, 15) is 4.79 Å². The van der Waals surface area contributed by atoms with Crippen LogP contribution in [0.5, 0.6) is 5.75 Å². The van der Waals surface area contributed by atoms with E-state index in [-0.39, 0.29) is 12.4 Å². The first-order chi connectivity index (χ1) is 17.1. The van der Waals surface area contributed by atoms with Crippen molar-refractivity contribution in [1.82, 2.24) is 4.98 Å². The van der Waals surface area contributed by atoms with Crippen molar-refractivity contribution in [3.8, 4) is 50.9 Å². The van der Waals surface area contributed by atoms with Gasteiger partial charge in [-0.15, -0.1) is 0 Å². The maximum atomic E-state index is 11.4. The van der Waals surface area contributed by atoms with E-state index in [1.165, 1.54) is 6.92 Å². The van der Waals surface area contributed by atoms with Gasteiger partial charge in [-0.3, -0.25) is 4.79 Å². The summed E-state index contributed by atoms with van der Waals surface area (Å²) in [6.07, 6.45) is 0. The van der Waals surface area contributed by atoms with Gasteiger partial charge in [-0.05, 0) is 48.7 Å². The lowest BCUT2D eigenvalue weighted by Crippen LogP contribution is -2.06. The van der Waals surface area contributed by atoms with E-state index in [0.717, 1.165) is 44.8 Å². The minimum absolute atomic E-state index is 0.0198. The SMILES string of the molecule is CC(=O)COc1cccc(-c2c(C)cccc2-c2nc(-c3ccccc3)c(-c3ccccc3)o2)c1. The highest BCUT2D eigenvalue weighted by Gasteiger charge is 2.21. The van der Waals surface area contributed by atoms with Gasteiger partial charge in [-0.25, -0.2) is 4.98 Å². The van der Waals surface area contributed by atoms with Gasteiger partial charge >= 0.3 is 0 Å². The van der Waals surface area contributed by atoms with Crippen molar-refractivity contribution in [3.05, 3.63) is 109 Å². The topological polar surface area (TPSA) is 52.3 Å². The largest absolute Gasteiger partial charge is 0.486 e. The molecule has 0 saturated heterocycles. The van der Waals surface area contributed by atoms with Crippen LogP contribution < -0.4 is 4.74 Å². The molecule has 0 aliphatic rings. The molecule has 0 aliphatic carbocycles. The number of rotatable bonds is 7. The molecular formula is C31H25NO3. The molecule has 0 fully saturated rings. The van der Waals surface area contributed by atoms with E-state index in [1.54, 1.807) is 0 Å². The van der Waals surface area contributed by atoms with Gasteiger partial charge in [0.1, 0.15) is 18.1 Å². The van der Waals surface area contributed by atoms with Crippen molar-refractivity contribution < 1.29 is 13.9 Å². The summed E-state index contributed by atoms with van der Waals surface area (Å²) < 4.78 is 12.1. The fraction of sp³-hybridized carbons (Fsp3) is 0.0968. The molecule has 4 aromatic carbocycles. The fourth-order valence-electron chi connectivity index (χ4n) is 4.17. The zero-order chi connectivity index (χ0) is 24.2. The van der Waals surface area contributed by atoms with E-state index in [1.807, 2.05) is 97.1 Å². The molecule has 0 saturated carbocycles. The Morgan fingerprint density at radius 2 is 1.46 bits per heavy atom. The number of aryl methyl sites for hydroxylation is 1. The monoisotopic (exact) mass is 459 g/mol. The first kappa shape index (κ1) is 22.4. The van der Waals surface area contributed by atoms with Gasteiger partial charge in [0, 0.05) is 16.7 Å². The average Bonchev–Trinajstić information content (AvgIpc) is 3.34. The average molecular weight is 460 g/mol. The smallest absolute Gasteiger partial charge is 0.228 e. The van der Waals surface area contributed by atoms with Crippen LogP contribution in [0.4, 0.5) is 0 Å². The molecule has 0 amide bonds. The van der Waals surface area contributed by atoms with Crippen LogP contribution >= 0.6 is 0 Å². The van der Waals surface area contributed by atoms with Crippen LogP contribution in [0.15, 0.2) is 108 Å². The number of ether oxygens (including phenoxy) is 1. The molecular weight excluding hydrogens is 434 g/mol. The highest BCUT2D eigenvalue weighted by molar-refractivity contribution is 5.86. The Hall–Kier alpha value is -4.44. The lowest BCUT2D eigenvalue weighted by molar-refractivity contribution is -0.118. The van der Waals surface area contributed by atoms with Crippen molar-refractivity contribution in [3.63, 3.8) is 0 Å². The van der Waals surface area contributed by atoms with Gasteiger partial charge in [-0.2, -0.15) is 0 Å². The normalized spacial score (nSPS) is 10.8. The number of oxazole rings is 1. The first-order valence-electron chi connectivity index (χ1n) is 11.5. The lowest BCUT2D eigenvalue weighted by atomic mass is 9.95. The van der Waals surface area contributed by atoms with Crippen LogP contribution in [0.3, 0.4) is 0 Å². The third-order valence-electron chi connectivity index (χ3n) is 5.78. The number of carbonyl (C=O) groups is 1. The molecule has 0 atom stereocenters. The fourth-order valence-corrected chi connectivity index (χ4v) is 4.17. The molecule has 1 aromatic heterocycles. The quantitative estimate of drug-likeness (QED) is 0.251. The van der Waals surface area contributed by atoms with E-state index in [2.05, 4.69) is 13.0 Å². The standard InChI is InChI=1S/C31H25NO3/c1-21-11-9-18-27(28(21)25-16-10-17-26(19-25)34-20-22(2)33)31-32-29(23-12-5-3-6-13-23)30(35-31)24-14-7-4-8-15-24/h3-19H,20H2,1-2H3. The van der Waals surface area contributed by atoms with Crippen molar-refractivity contribution in [2.45, 2.75) is 13.8 Å². The van der Waals surface area contributed by atoms with Crippen molar-refractivity contribution in [2.24, 2.45) is 0 Å². The molecule has 0 aliphatic heterocycles. The Balaban J connectivity index is 1.66. The van der Waals surface area contributed by atoms with Gasteiger partial charge in [0.05, 0.1) is 0 Å². The summed E-state index contributed by atoms with van der Waals surface area (Å²) in [5, 5.41) is 0. The Morgan fingerprint density at radius 1 is 0.800 bits per heavy atom. The van der Waals surface area contributed by atoms with Crippen molar-refractivity contribution in [1.29, 1.82) is 0 Å². The number of hydrogen-bond acceptors (Lipinski definition) is 4. The summed E-state index contributed by atoms with van der Waals surface area (Å²) in [5.74, 6) is 1.91. The van der Waals surface area contributed by atoms with Gasteiger partial charge in [0.25, 0.3) is 0 Å². The minimum atomic E-state index is -0.0198. The molecule has 5 rings (SSSR count). The number of benzene rings is 4. The summed E-state index contributed by atoms with van der Waals surface area (Å²) >= 11 is 0. The van der Waals surface area contributed by atoms with Crippen LogP contribution in [-0.2, 0) is 4.79 Å². The van der Waals surface area contributed by atoms with Crippen molar-refractivity contribution in [2.75, 3.05) is 6.61 Å². The molecule has 1 heterocycles. The lowest BCUT2D eigenvalue weighted by Gasteiger charge is -2.12. The molecule has 172 valence electrons. The number of hydrogen-bond donors (Lipinski definition) is 0. The van der Waals surface area contributed by atoms with E-state index < -0.39 is 0 Å². The second kappa shape index (κ2) is 9.82. The second-order valence-corrected chi connectivity index (χ2v) is 8.44. The second-order valence-electron chi connectivity index (χ2n) is 8.44. The zero-order valence-electron chi connectivity index (χ0n) is 19.7. The molecule has 0 spiro atoms. The summed E-state index contributed by atoms with van der Waals surface area (Å²) in [4.78, 5) is 16.4. The van der Waals surface area contributed by atoms with Gasteiger partial charge < -0.3 is 9.15 Å². The number of nitrogens with zero attached hydrogens (tertiary/aromatic N) is 1. The summed E-state index contributed by atoms with van der Waals surface area (Å²) in [6, 6.07) is 34.0. The Bertz CT molecular complexity index is 1410. The molecule has 5 aromatic rings. The summed E-state index contributed by atoms with van der Waals surface area (Å²) in [7, 11) is 0. The Kier molecular flexibility index (Phi) is 6.27. The molecule has 0 unspecified atom stereocenters. The molecule has 0 bridgehead atoms. The number of ketones is 1. The minimum Gasteiger partial charge on any atom is -0.486 e. The van der Waals surface area contributed by atoms with Crippen LogP contribution in [0.2, 0.25) is 0 Å². The summed E-state index contributed by atoms with van der Waals surface area (Å²) in [6.45, 7) is 3.63. The third-order valence-corrected chi connectivity index (χ3v) is 5.78. The molecule has 0 N–H and O–H groups in total. The van der Waals surface area contributed by atoms with Crippen LogP contribution in [0.1, 0.15) is 12.5 Å². The van der Waals surface area contributed by atoms with Gasteiger partial charge in [0.15, 0.2) is 11.5 Å². The number of carbonyl (C=O) groups excluding carboxylic acids is 1. The third kappa shape index (κ3) is 4.78. The van der Waals surface area contributed by atoms with E-state index in [4.69, 9.17) is 14.1 Å². The maximum Gasteiger partial charge on any atom is 0.228 e. The van der Waals surface area contributed by atoms with Gasteiger partial charge in [0.2, 0.25) is 5.89 Å². The van der Waals surface area contributed by atoms with Crippen LogP contribution in [0.25, 0.3) is 45.2 Å². The Morgan fingerprint density at radius 3 is 2.17 bits per heavy atom. The van der Waals surface area contributed by atoms with E-state index >= 15 is 0 Å². The predicted molar refractivity (Wildman–Crippen MR) is 139 cm³/mol. The molecule has 4 heteroatoms. The molecule has 35 heavy (non-hydrogen) atoms. The van der Waals surface area contributed by atoms with Gasteiger partial charge in [-0.1, -0.05) is 84.9 Å². The number of aromatic nitrogens is 1. The highest BCUT2D eigenvalue weighted by atomic mass is 16.5. The molecule has 0 radical (unpaired) electrons. The number of Topliss-reactive ketones (excluding diaryl/α,β-unsaturated/α-hetero) is 1. The van der Waals surface area contributed by atoms with Crippen molar-refractivity contribution >= 4 is 5.78 Å². The van der Waals surface area contributed by atoms with E-state index in [0.29, 0.717) is 11.6 Å². The maximum absolute atomic E-state index is 11.4. The highest BCUT2D eigenvalue weighted by Crippen LogP contribution is 2.40. The molecule has 4 nitrogen and oxygen atoms in total. The van der Waals surface area contributed by atoms with Crippen LogP contribution in [0, 0.1) is 6.92 Å².